The van der Waals surface area contributed by atoms with Gasteiger partial charge in [-0.25, -0.2) is 14.8 Å². The highest BCUT2D eigenvalue weighted by molar-refractivity contribution is 7.22. The van der Waals surface area contributed by atoms with Gasteiger partial charge in [-0.3, -0.25) is 39.6 Å². The van der Waals surface area contributed by atoms with Crippen molar-refractivity contribution in [2.24, 2.45) is 13.0 Å². The topological polar surface area (TPSA) is 188 Å². The van der Waals surface area contributed by atoms with Gasteiger partial charge in [-0.15, -0.1) is 0 Å². The Morgan fingerprint density at radius 3 is 2.38 bits per heavy atom. The molecule has 4 aliphatic rings. The van der Waals surface area contributed by atoms with Crippen molar-refractivity contribution in [3.8, 4) is 16.9 Å². The summed E-state index contributed by atoms with van der Waals surface area (Å²) in [5, 5.41) is 22.0. The Kier molecular flexibility index (Phi) is 14.0. The summed E-state index contributed by atoms with van der Waals surface area (Å²) >= 11 is 1.34. The van der Waals surface area contributed by atoms with Crippen molar-refractivity contribution in [1.29, 1.82) is 0 Å². The van der Waals surface area contributed by atoms with E-state index in [1.165, 1.54) is 41.7 Å². The molecule has 3 aromatic carbocycles. The van der Waals surface area contributed by atoms with Crippen molar-refractivity contribution in [2.75, 3.05) is 47.8 Å². The van der Waals surface area contributed by atoms with Gasteiger partial charge in [0.1, 0.15) is 22.8 Å². The highest BCUT2D eigenvalue weighted by Crippen LogP contribution is 2.46. The molecule has 0 spiro atoms. The number of carboxylic acid groups (broad SMARTS) is 1. The number of pyridine rings is 2. The van der Waals surface area contributed by atoms with Crippen LogP contribution in [0.2, 0.25) is 0 Å². The van der Waals surface area contributed by atoms with Gasteiger partial charge in [-0.05, 0) is 119 Å². The number of carbonyl (C=O) groups excluding carboxylic acids is 3. The molecule has 1 unspecified atom stereocenters. The summed E-state index contributed by atoms with van der Waals surface area (Å²) in [5.41, 5.74) is 3.03. The van der Waals surface area contributed by atoms with Crippen molar-refractivity contribution in [3.05, 3.63) is 119 Å². The maximum Gasteiger partial charge on any atom is 0.420 e. The number of aromatic carboxylic acids is 1. The second kappa shape index (κ2) is 20.8. The van der Waals surface area contributed by atoms with Crippen LogP contribution in [0, 0.1) is 5.92 Å². The zero-order chi connectivity index (χ0) is 53.8. The van der Waals surface area contributed by atoms with E-state index in [1.807, 2.05) is 54.2 Å². The van der Waals surface area contributed by atoms with Crippen LogP contribution in [-0.2, 0) is 35.8 Å². The quantitative estimate of drug-likeness (QED) is 0.0927. The van der Waals surface area contributed by atoms with Gasteiger partial charge in [-0.2, -0.15) is 18.3 Å². The first-order valence-corrected chi connectivity index (χ1v) is 27.1. The van der Waals surface area contributed by atoms with Crippen molar-refractivity contribution in [1.82, 2.24) is 34.9 Å². The number of carboxylic acids is 1. The van der Waals surface area contributed by atoms with E-state index in [1.54, 1.807) is 11.1 Å². The number of ether oxygens (including phenoxy) is 1. The number of carbonyl (C=O) groups is 4. The van der Waals surface area contributed by atoms with Crippen molar-refractivity contribution in [3.63, 3.8) is 0 Å². The normalized spacial score (nSPS) is 19.6. The molecule has 4 aromatic heterocycles. The Morgan fingerprint density at radius 1 is 0.844 bits per heavy atom. The minimum absolute atomic E-state index is 0.0853. The maximum atomic E-state index is 15.3. The van der Waals surface area contributed by atoms with E-state index in [0.29, 0.717) is 54.5 Å². The van der Waals surface area contributed by atoms with Gasteiger partial charge < -0.3 is 19.6 Å². The Labute approximate surface area is 446 Å². The van der Waals surface area contributed by atoms with Gasteiger partial charge in [0.25, 0.3) is 5.91 Å². The first-order valence-electron chi connectivity index (χ1n) is 26.3. The highest BCUT2D eigenvalue weighted by Gasteiger charge is 2.40. The molecular formula is C57H59F3N10O6S. The van der Waals surface area contributed by atoms with E-state index in [-0.39, 0.29) is 58.7 Å². The van der Waals surface area contributed by atoms with Gasteiger partial charge in [0.2, 0.25) is 11.8 Å². The molecule has 2 saturated heterocycles. The van der Waals surface area contributed by atoms with Crippen molar-refractivity contribution >= 4 is 72.8 Å². The summed E-state index contributed by atoms with van der Waals surface area (Å²) in [6.07, 6.45) is 2.20. The van der Waals surface area contributed by atoms with Crippen LogP contribution in [0.25, 0.3) is 32.2 Å². The number of imide groups is 1. The third kappa shape index (κ3) is 10.4. The Morgan fingerprint density at radius 2 is 1.62 bits per heavy atom. The number of aromatic nitrogens is 5. The van der Waals surface area contributed by atoms with E-state index >= 15 is 13.2 Å². The molecule has 20 heteroatoms. The molecule has 3 fully saturated rings. The number of fused-ring (bicyclic) bond motifs is 3. The van der Waals surface area contributed by atoms with E-state index in [0.717, 1.165) is 84.2 Å². The van der Waals surface area contributed by atoms with E-state index in [9.17, 15) is 24.3 Å². The molecule has 0 bridgehead atoms. The van der Waals surface area contributed by atoms with Crippen LogP contribution in [0.5, 0.6) is 5.75 Å². The number of piperazine rings is 1. The van der Waals surface area contributed by atoms with Gasteiger partial charge in [0.15, 0.2) is 10.8 Å². The molecule has 3 aliphatic heterocycles. The second-order valence-electron chi connectivity index (χ2n) is 21.2. The number of piperidine rings is 1. The van der Waals surface area contributed by atoms with E-state index in [4.69, 9.17) is 9.84 Å². The highest BCUT2D eigenvalue weighted by atomic mass is 32.1. The molecule has 3 amide bonds. The molecular weight excluding hydrogens is 1010 g/mol. The molecule has 7 heterocycles. The minimum atomic E-state index is -4.88. The van der Waals surface area contributed by atoms with Crippen LogP contribution in [0.1, 0.15) is 114 Å². The predicted octanol–water partition coefficient (Wildman–Crippen LogP) is 10.0. The average Bonchev–Trinajstić information content (AvgIpc) is 4.07. The first kappa shape index (κ1) is 51.6. The molecule has 1 saturated carbocycles. The third-order valence-corrected chi connectivity index (χ3v) is 17.0. The number of thiazole rings is 1. The standard InChI is InChI=1S/C57H59F3N10O6S/c1-56(2,70-30-28-68(29-31-70)42-11-6-9-38-48(66-67(3)51(38)42)39-19-21-46(71)64-52(39)72)25-22-33-14-16-35(17-15-33)76-43-12-7-8-36(47(43)57(58,59)60)37-18-20-45(63-50(37)54(74)75)69-27-24-34-23-26-61-49(40(34)32-69)53(73)65-55-62-41-10-4-5-13-44(41)77-55/h4-13,18,20,23,26,33,35,39H,14-17,19,21-22,24-25,27-32H2,1-3H3,(H,74,75)(H,62,65,73)(H,64,71,72). The first-order chi connectivity index (χ1) is 37.0. The zero-order valence-electron chi connectivity index (χ0n) is 43.0. The smallest absolute Gasteiger partial charge is 0.420 e. The van der Waals surface area contributed by atoms with Gasteiger partial charge in [0.05, 0.1) is 39.1 Å². The molecule has 77 heavy (non-hydrogen) atoms. The number of alkyl halides is 3. The van der Waals surface area contributed by atoms with Gasteiger partial charge >= 0.3 is 12.1 Å². The van der Waals surface area contributed by atoms with Crippen LogP contribution in [-0.4, -0.2) is 103 Å². The Balaban J connectivity index is 0.718. The van der Waals surface area contributed by atoms with Crippen molar-refractivity contribution < 1.29 is 42.2 Å². The number of amides is 3. The average molecular weight is 1070 g/mol. The molecule has 400 valence electrons. The number of para-hydroxylation sites is 2. The number of aryl methyl sites for hydroxylation is 1. The van der Waals surface area contributed by atoms with Gasteiger partial charge in [0, 0.05) is 86.5 Å². The number of hydrogen-bond acceptors (Lipinski definition) is 13. The number of nitrogens with one attached hydrogen (secondary N) is 2. The van der Waals surface area contributed by atoms with E-state index in [2.05, 4.69) is 55.3 Å². The summed E-state index contributed by atoms with van der Waals surface area (Å²) < 4.78 is 54.8. The minimum Gasteiger partial charge on any atom is -0.490 e. The second-order valence-corrected chi connectivity index (χ2v) is 22.3. The SMILES string of the molecule is Cn1nc(C2CCC(=O)NC2=O)c2cccc(N3CCN(C(C)(C)CCC4CCC(Oc5cccc(-c6ccc(N7CCc8ccnc(C(=O)Nc9nc%10ccccc%10s9)c8C7)nc6C(=O)O)c5C(F)(F)F)CC4)CC3)c21. The van der Waals surface area contributed by atoms with Crippen LogP contribution in [0.4, 0.5) is 29.8 Å². The fourth-order valence-corrected chi connectivity index (χ4v) is 12.8. The van der Waals surface area contributed by atoms with Crippen LogP contribution in [0.3, 0.4) is 0 Å². The monoisotopic (exact) mass is 1070 g/mol. The fourth-order valence-electron chi connectivity index (χ4n) is 11.9. The summed E-state index contributed by atoms with van der Waals surface area (Å²) in [6, 6.07) is 22.4. The number of benzene rings is 3. The van der Waals surface area contributed by atoms with E-state index < -0.39 is 41.3 Å². The molecule has 7 aromatic rings. The predicted molar refractivity (Wildman–Crippen MR) is 288 cm³/mol. The van der Waals surface area contributed by atoms with Crippen molar-refractivity contribution in [2.45, 2.75) is 102 Å². The molecule has 1 aliphatic carbocycles. The largest absolute Gasteiger partial charge is 0.490 e. The molecule has 3 N–H and O–H groups in total. The molecule has 0 radical (unpaired) electrons. The lowest BCUT2D eigenvalue weighted by atomic mass is 9.81. The molecule has 16 nitrogen and oxygen atoms in total. The molecule has 1 atom stereocenters. The Hall–Kier alpha value is -7.45. The number of hydrogen-bond donors (Lipinski definition) is 3. The lowest BCUT2D eigenvalue weighted by molar-refractivity contribution is -0.139. The van der Waals surface area contributed by atoms with Crippen LogP contribution in [0.15, 0.2) is 85.1 Å². The fraction of sp³-hybridized carbons (Fsp3) is 0.404. The number of nitrogens with zero attached hydrogens (tertiary/aromatic N) is 8. The summed E-state index contributed by atoms with van der Waals surface area (Å²) in [5.74, 6) is -2.67. The number of halogens is 3. The van der Waals surface area contributed by atoms with Crippen LogP contribution < -0.4 is 25.2 Å². The number of rotatable bonds is 13. The zero-order valence-corrected chi connectivity index (χ0v) is 43.8. The summed E-state index contributed by atoms with van der Waals surface area (Å²) in [7, 11) is 1.90. The molecule has 11 rings (SSSR count). The lowest BCUT2D eigenvalue weighted by Gasteiger charge is -2.45. The summed E-state index contributed by atoms with van der Waals surface area (Å²) in [6.45, 7) is 8.49. The van der Waals surface area contributed by atoms with Gasteiger partial charge in [-0.1, -0.05) is 47.7 Å². The number of anilines is 3. The lowest BCUT2D eigenvalue weighted by Crippen LogP contribution is -2.54. The Bertz CT molecular complexity index is 3400. The summed E-state index contributed by atoms with van der Waals surface area (Å²) in [4.78, 5) is 71.2. The third-order valence-electron chi connectivity index (χ3n) is 16.1. The van der Waals surface area contributed by atoms with Crippen LogP contribution >= 0.6 is 11.3 Å². The maximum absolute atomic E-state index is 15.3.